The Morgan fingerprint density at radius 3 is 2.47 bits per heavy atom. The molecule has 1 aromatic rings. The molecule has 82 valence electrons. The summed E-state index contributed by atoms with van der Waals surface area (Å²) in [6.45, 7) is 7.78. The number of fused-ring (bicyclic) bond motifs is 1. The molecule has 0 unspecified atom stereocenters. The van der Waals surface area contributed by atoms with Crippen molar-refractivity contribution in [3.63, 3.8) is 0 Å². The second-order valence-corrected chi connectivity index (χ2v) is 3.32. The highest BCUT2D eigenvalue weighted by Crippen LogP contribution is 2.36. The first-order valence-electron chi connectivity index (χ1n) is 5.10. The molecule has 0 saturated carbocycles. The van der Waals surface area contributed by atoms with E-state index in [1.807, 2.05) is 33.8 Å². The van der Waals surface area contributed by atoms with Gasteiger partial charge in [0.15, 0.2) is 6.10 Å². The Hall–Kier alpha value is -1.35. The number of hydrogen-bond donors (Lipinski definition) is 1. The highest BCUT2D eigenvalue weighted by molar-refractivity contribution is 5.85. The summed E-state index contributed by atoms with van der Waals surface area (Å²) in [5.74, 6) is -0.0631. The van der Waals surface area contributed by atoms with Gasteiger partial charge in [-0.05, 0) is 25.5 Å². The second kappa shape index (κ2) is 4.45. The van der Waals surface area contributed by atoms with E-state index >= 15 is 0 Å². The van der Waals surface area contributed by atoms with Gasteiger partial charge in [0.1, 0.15) is 5.75 Å². The van der Waals surface area contributed by atoms with Crippen LogP contribution in [-0.2, 0) is 4.79 Å². The summed E-state index contributed by atoms with van der Waals surface area (Å²) in [4.78, 5) is 11.0. The first-order chi connectivity index (χ1) is 7.09. The number of carbonyl (C=O) groups is 1. The number of rotatable bonds is 0. The summed E-state index contributed by atoms with van der Waals surface area (Å²) in [5.41, 5.74) is 2.50. The number of benzene rings is 1. The summed E-state index contributed by atoms with van der Waals surface area (Å²) in [5, 5.41) is 9.42. The van der Waals surface area contributed by atoms with Crippen LogP contribution in [0.4, 0.5) is 0 Å². The number of aryl methyl sites for hydroxylation is 2. The predicted octanol–water partition coefficient (Wildman–Crippen LogP) is 2.28. The quantitative estimate of drug-likeness (QED) is 0.525. The van der Waals surface area contributed by atoms with Crippen molar-refractivity contribution < 1.29 is 14.6 Å². The Bertz CT molecular complexity index is 383. The van der Waals surface area contributed by atoms with Crippen molar-refractivity contribution in [1.29, 1.82) is 0 Å². The van der Waals surface area contributed by atoms with Gasteiger partial charge in [0.2, 0.25) is 0 Å². The van der Waals surface area contributed by atoms with Gasteiger partial charge in [0.05, 0.1) is 0 Å². The summed E-state index contributed by atoms with van der Waals surface area (Å²) >= 11 is 0. The first kappa shape index (κ1) is 11.7. The highest BCUT2D eigenvalue weighted by Gasteiger charge is 2.32. The number of hydrogen-bond acceptors (Lipinski definition) is 3. The Morgan fingerprint density at radius 1 is 1.27 bits per heavy atom. The van der Waals surface area contributed by atoms with Gasteiger partial charge in [0, 0.05) is 5.56 Å². The average Bonchev–Trinajstić information content (AvgIpc) is 2.49. The van der Waals surface area contributed by atoms with E-state index in [1.54, 1.807) is 6.07 Å². The van der Waals surface area contributed by atoms with Crippen molar-refractivity contribution >= 4 is 5.97 Å². The van der Waals surface area contributed by atoms with Crippen LogP contribution < -0.4 is 4.74 Å². The van der Waals surface area contributed by atoms with Crippen LogP contribution in [0.2, 0.25) is 0 Å². The molecule has 0 radical (unpaired) electrons. The molecule has 1 aromatic carbocycles. The summed E-state index contributed by atoms with van der Waals surface area (Å²) in [6, 6.07) is 3.70. The average molecular weight is 208 g/mol. The Labute approximate surface area is 89.7 Å². The lowest BCUT2D eigenvalue weighted by molar-refractivity contribution is -0.140. The molecule has 3 nitrogen and oxygen atoms in total. The van der Waals surface area contributed by atoms with E-state index in [-0.39, 0.29) is 0 Å². The third-order valence-electron chi connectivity index (χ3n) is 2.17. The predicted molar refractivity (Wildman–Crippen MR) is 57.9 cm³/mol. The smallest absolute Gasteiger partial charge is 0.345 e. The highest BCUT2D eigenvalue weighted by atomic mass is 16.6. The Morgan fingerprint density at radius 2 is 1.87 bits per heavy atom. The fourth-order valence-corrected chi connectivity index (χ4v) is 1.61. The van der Waals surface area contributed by atoms with Crippen molar-refractivity contribution in [1.82, 2.24) is 0 Å². The van der Waals surface area contributed by atoms with E-state index < -0.39 is 12.1 Å². The van der Waals surface area contributed by atoms with Gasteiger partial charge in [0.25, 0.3) is 0 Å². The van der Waals surface area contributed by atoms with Gasteiger partial charge in [-0.1, -0.05) is 25.5 Å². The van der Waals surface area contributed by atoms with Crippen LogP contribution in [0.15, 0.2) is 12.1 Å². The number of carbonyl (C=O) groups excluding carboxylic acids is 1. The first-order valence-corrected chi connectivity index (χ1v) is 5.10. The van der Waals surface area contributed by atoms with Crippen LogP contribution in [0.1, 0.15) is 36.6 Å². The van der Waals surface area contributed by atoms with Crippen LogP contribution in [0.3, 0.4) is 0 Å². The van der Waals surface area contributed by atoms with Crippen LogP contribution in [0, 0.1) is 13.8 Å². The number of esters is 1. The lowest BCUT2D eigenvalue weighted by atomic mass is 10.0. The monoisotopic (exact) mass is 208 g/mol. The molecule has 2 rings (SSSR count). The maximum atomic E-state index is 11.0. The minimum Gasteiger partial charge on any atom is -0.424 e. The van der Waals surface area contributed by atoms with Crippen molar-refractivity contribution in [3.05, 3.63) is 28.8 Å². The van der Waals surface area contributed by atoms with Crippen LogP contribution >= 0.6 is 0 Å². The standard InChI is InChI=1S/C10H10O3.C2H6/c1-5-3-6(2)9-7(4-5)8(11)10(12)13-9;1-2/h3-4,8,11H,1-2H3;1-2H3/t8-;/m0./s1. The maximum Gasteiger partial charge on any atom is 0.345 e. The molecule has 1 aliphatic heterocycles. The molecular formula is C12H16O3. The fourth-order valence-electron chi connectivity index (χ4n) is 1.61. The van der Waals surface area contributed by atoms with Gasteiger partial charge in [-0.2, -0.15) is 0 Å². The van der Waals surface area contributed by atoms with E-state index in [4.69, 9.17) is 4.74 Å². The minimum absolute atomic E-state index is 0.517. The topological polar surface area (TPSA) is 46.5 Å². The van der Waals surface area contributed by atoms with Crippen LogP contribution in [-0.4, -0.2) is 11.1 Å². The Balaban J connectivity index is 0.000000531. The van der Waals surface area contributed by atoms with E-state index in [0.717, 1.165) is 11.1 Å². The van der Waals surface area contributed by atoms with Gasteiger partial charge < -0.3 is 9.84 Å². The lowest BCUT2D eigenvalue weighted by Crippen LogP contribution is -2.08. The molecule has 15 heavy (non-hydrogen) atoms. The van der Waals surface area contributed by atoms with Crippen molar-refractivity contribution in [2.75, 3.05) is 0 Å². The van der Waals surface area contributed by atoms with E-state index in [9.17, 15) is 9.90 Å². The zero-order chi connectivity index (χ0) is 11.6. The molecule has 0 bridgehead atoms. The normalized spacial score (nSPS) is 17.7. The molecule has 0 aliphatic carbocycles. The SMILES string of the molecule is CC.Cc1cc(C)c2c(c1)[C@H](O)C(=O)O2. The van der Waals surface area contributed by atoms with Gasteiger partial charge >= 0.3 is 5.97 Å². The zero-order valence-electron chi connectivity index (χ0n) is 9.50. The minimum atomic E-state index is -1.10. The molecule has 3 heteroatoms. The zero-order valence-corrected chi connectivity index (χ0v) is 9.50. The summed E-state index contributed by atoms with van der Waals surface area (Å²) in [6.07, 6.45) is -1.10. The molecule has 1 aliphatic rings. The molecule has 0 fully saturated rings. The summed E-state index contributed by atoms with van der Waals surface area (Å²) < 4.78 is 4.92. The largest absolute Gasteiger partial charge is 0.424 e. The van der Waals surface area contributed by atoms with Crippen LogP contribution in [0.5, 0.6) is 5.75 Å². The van der Waals surface area contributed by atoms with Gasteiger partial charge in [-0.15, -0.1) is 0 Å². The Kier molecular flexibility index (Phi) is 3.48. The van der Waals surface area contributed by atoms with E-state index in [2.05, 4.69) is 0 Å². The number of ether oxygens (including phenoxy) is 1. The third-order valence-corrected chi connectivity index (χ3v) is 2.17. The fraction of sp³-hybridized carbons (Fsp3) is 0.417. The van der Waals surface area contributed by atoms with Crippen molar-refractivity contribution in [2.24, 2.45) is 0 Å². The van der Waals surface area contributed by atoms with E-state index in [0.29, 0.717) is 11.3 Å². The van der Waals surface area contributed by atoms with Crippen LogP contribution in [0.25, 0.3) is 0 Å². The van der Waals surface area contributed by atoms with Crippen molar-refractivity contribution in [3.8, 4) is 5.75 Å². The molecule has 1 heterocycles. The second-order valence-electron chi connectivity index (χ2n) is 3.32. The molecular weight excluding hydrogens is 192 g/mol. The third kappa shape index (κ3) is 2.02. The molecule has 1 N–H and O–H groups in total. The molecule has 0 amide bonds. The molecule has 0 saturated heterocycles. The molecule has 0 aromatic heterocycles. The van der Waals surface area contributed by atoms with Gasteiger partial charge in [-0.25, -0.2) is 4.79 Å². The van der Waals surface area contributed by atoms with Crippen molar-refractivity contribution in [2.45, 2.75) is 33.8 Å². The van der Waals surface area contributed by atoms with Gasteiger partial charge in [-0.3, -0.25) is 0 Å². The molecule has 0 spiro atoms. The summed E-state index contributed by atoms with van der Waals surface area (Å²) in [7, 11) is 0. The lowest BCUT2D eigenvalue weighted by Gasteiger charge is -2.03. The molecule has 1 atom stereocenters. The maximum absolute atomic E-state index is 11.0. The number of aliphatic hydroxyl groups excluding tert-OH is 1. The number of aliphatic hydroxyl groups is 1. The van der Waals surface area contributed by atoms with E-state index in [1.165, 1.54) is 0 Å².